The molecule has 0 spiro atoms. The first kappa shape index (κ1) is 17.9. The van der Waals surface area contributed by atoms with Crippen LogP contribution < -0.4 is 5.32 Å². The van der Waals surface area contributed by atoms with Crippen LogP contribution in [0.5, 0.6) is 0 Å². The standard InChI is InChI=1S/C18H34N2O2/c1-13(2)17(21)12-20-8-6-15(7-9-20)22-16-10-14(11-16)19-18(3,4)5/h13-16,19H,6-12H2,1-5H3. The van der Waals surface area contributed by atoms with E-state index in [-0.39, 0.29) is 11.5 Å². The van der Waals surface area contributed by atoms with Gasteiger partial charge in [-0.15, -0.1) is 0 Å². The van der Waals surface area contributed by atoms with Crippen molar-refractivity contribution in [3.05, 3.63) is 0 Å². The third-order valence-corrected chi connectivity index (χ3v) is 4.67. The monoisotopic (exact) mass is 310 g/mol. The SMILES string of the molecule is CC(C)C(=O)CN1CCC(OC2CC(NC(C)(C)C)C2)CC1. The van der Waals surface area contributed by atoms with Gasteiger partial charge in [0.15, 0.2) is 0 Å². The summed E-state index contributed by atoms with van der Waals surface area (Å²) in [5.41, 5.74) is 0.198. The topological polar surface area (TPSA) is 41.6 Å². The first-order valence-corrected chi connectivity index (χ1v) is 8.91. The summed E-state index contributed by atoms with van der Waals surface area (Å²) in [4.78, 5) is 14.1. The Morgan fingerprint density at radius 2 is 1.77 bits per heavy atom. The van der Waals surface area contributed by atoms with Gasteiger partial charge >= 0.3 is 0 Å². The van der Waals surface area contributed by atoms with Crippen molar-refractivity contribution in [1.29, 1.82) is 0 Å². The second-order valence-corrected chi connectivity index (χ2v) is 8.42. The van der Waals surface area contributed by atoms with E-state index >= 15 is 0 Å². The van der Waals surface area contributed by atoms with Gasteiger partial charge in [-0.1, -0.05) is 13.8 Å². The summed E-state index contributed by atoms with van der Waals surface area (Å²) in [6, 6.07) is 0.619. The smallest absolute Gasteiger partial charge is 0.149 e. The largest absolute Gasteiger partial charge is 0.375 e. The molecule has 4 nitrogen and oxygen atoms in total. The fourth-order valence-electron chi connectivity index (χ4n) is 3.29. The minimum absolute atomic E-state index is 0.149. The molecule has 0 aromatic carbocycles. The zero-order valence-electron chi connectivity index (χ0n) is 15.0. The predicted molar refractivity (Wildman–Crippen MR) is 90.1 cm³/mol. The average Bonchev–Trinajstić information content (AvgIpc) is 2.36. The maximum absolute atomic E-state index is 11.8. The average molecular weight is 310 g/mol. The second kappa shape index (κ2) is 7.41. The number of nitrogens with zero attached hydrogens (tertiary/aromatic N) is 1. The van der Waals surface area contributed by atoms with Crippen LogP contribution >= 0.6 is 0 Å². The number of piperidine rings is 1. The van der Waals surface area contributed by atoms with Gasteiger partial charge in [0.25, 0.3) is 0 Å². The van der Waals surface area contributed by atoms with E-state index in [1.807, 2.05) is 13.8 Å². The number of Topliss-reactive ketones (excluding diaryl/α,β-unsaturated/α-hetero) is 1. The molecule has 0 amide bonds. The molecule has 128 valence electrons. The third kappa shape index (κ3) is 5.64. The fraction of sp³-hybridized carbons (Fsp3) is 0.944. The predicted octanol–water partition coefficient (Wildman–Crippen LogP) is 2.61. The van der Waals surface area contributed by atoms with E-state index in [1.54, 1.807) is 0 Å². The summed E-state index contributed by atoms with van der Waals surface area (Å²) in [6.07, 6.45) is 5.25. The molecule has 0 atom stereocenters. The van der Waals surface area contributed by atoms with Crippen LogP contribution in [0.2, 0.25) is 0 Å². The van der Waals surface area contributed by atoms with Gasteiger partial charge in [-0.25, -0.2) is 0 Å². The van der Waals surface area contributed by atoms with Crippen LogP contribution in [0.25, 0.3) is 0 Å². The molecule has 0 radical (unpaired) electrons. The molecule has 1 N–H and O–H groups in total. The highest BCUT2D eigenvalue weighted by atomic mass is 16.5. The van der Waals surface area contributed by atoms with Crippen molar-refractivity contribution >= 4 is 5.78 Å². The zero-order chi connectivity index (χ0) is 16.3. The van der Waals surface area contributed by atoms with Crippen molar-refractivity contribution in [2.45, 2.75) is 84.1 Å². The molecule has 0 unspecified atom stereocenters. The molecule has 1 aliphatic carbocycles. The first-order chi connectivity index (χ1) is 10.2. The van der Waals surface area contributed by atoms with Gasteiger partial charge < -0.3 is 10.1 Å². The van der Waals surface area contributed by atoms with Gasteiger partial charge in [-0.2, -0.15) is 0 Å². The molecule has 0 aromatic rings. The molecular weight excluding hydrogens is 276 g/mol. The van der Waals surface area contributed by atoms with Gasteiger partial charge in [-0.05, 0) is 46.5 Å². The minimum atomic E-state index is 0.149. The molecule has 0 bridgehead atoms. The quantitative estimate of drug-likeness (QED) is 0.819. The lowest BCUT2D eigenvalue weighted by molar-refractivity contribution is -0.124. The summed E-state index contributed by atoms with van der Waals surface area (Å²) >= 11 is 0. The molecule has 0 aromatic heterocycles. The van der Waals surface area contributed by atoms with Crippen molar-refractivity contribution in [2.24, 2.45) is 5.92 Å². The Morgan fingerprint density at radius 1 is 1.18 bits per heavy atom. The molecule has 4 heteroatoms. The fourth-order valence-corrected chi connectivity index (χ4v) is 3.29. The lowest BCUT2D eigenvalue weighted by Gasteiger charge is -2.42. The number of carbonyl (C=O) groups excluding carboxylic acids is 1. The normalized spacial score (nSPS) is 27.9. The Morgan fingerprint density at radius 3 is 2.27 bits per heavy atom. The molecule has 1 heterocycles. The van der Waals surface area contributed by atoms with E-state index in [1.165, 1.54) is 0 Å². The Bertz CT molecular complexity index is 362. The van der Waals surface area contributed by atoms with Crippen molar-refractivity contribution in [1.82, 2.24) is 10.2 Å². The van der Waals surface area contributed by atoms with Gasteiger partial charge in [-0.3, -0.25) is 9.69 Å². The second-order valence-electron chi connectivity index (χ2n) is 8.42. The van der Waals surface area contributed by atoms with E-state index in [2.05, 4.69) is 31.0 Å². The zero-order valence-corrected chi connectivity index (χ0v) is 15.0. The lowest BCUT2D eigenvalue weighted by Crippen LogP contribution is -2.53. The van der Waals surface area contributed by atoms with Crippen LogP contribution in [-0.4, -0.2) is 54.1 Å². The number of hydrogen-bond donors (Lipinski definition) is 1. The molecule has 2 rings (SSSR count). The summed E-state index contributed by atoms with van der Waals surface area (Å²) in [5, 5.41) is 3.64. The summed E-state index contributed by atoms with van der Waals surface area (Å²) in [5.74, 6) is 0.505. The number of carbonyl (C=O) groups is 1. The van der Waals surface area contributed by atoms with Gasteiger partial charge in [0.1, 0.15) is 5.78 Å². The van der Waals surface area contributed by atoms with Crippen molar-refractivity contribution in [2.75, 3.05) is 19.6 Å². The number of ether oxygens (including phenoxy) is 1. The first-order valence-electron chi connectivity index (χ1n) is 8.91. The van der Waals surface area contributed by atoms with E-state index in [0.717, 1.165) is 38.8 Å². The van der Waals surface area contributed by atoms with Crippen molar-refractivity contribution in [3.8, 4) is 0 Å². The van der Waals surface area contributed by atoms with Gasteiger partial charge in [0.05, 0.1) is 18.8 Å². The van der Waals surface area contributed by atoms with E-state index < -0.39 is 0 Å². The highest BCUT2D eigenvalue weighted by Gasteiger charge is 2.34. The van der Waals surface area contributed by atoms with Crippen LogP contribution in [-0.2, 0) is 9.53 Å². The molecule has 1 aliphatic heterocycles. The molecule has 1 saturated carbocycles. The van der Waals surface area contributed by atoms with E-state index in [4.69, 9.17) is 4.74 Å². The van der Waals surface area contributed by atoms with Crippen LogP contribution in [0, 0.1) is 5.92 Å². The molecule has 1 saturated heterocycles. The molecule has 2 aliphatic rings. The maximum atomic E-state index is 11.8. The van der Waals surface area contributed by atoms with Gasteiger partial charge in [0, 0.05) is 30.6 Å². The Hall–Kier alpha value is -0.450. The van der Waals surface area contributed by atoms with Gasteiger partial charge in [0.2, 0.25) is 0 Å². The van der Waals surface area contributed by atoms with E-state index in [0.29, 0.717) is 30.6 Å². The van der Waals surface area contributed by atoms with Crippen LogP contribution in [0.1, 0.15) is 60.3 Å². The van der Waals surface area contributed by atoms with Crippen molar-refractivity contribution in [3.63, 3.8) is 0 Å². The molecular formula is C18H34N2O2. The minimum Gasteiger partial charge on any atom is -0.375 e. The number of rotatable bonds is 6. The number of likely N-dealkylation sites (tertiary alicyclic amines) is 1. The van der Waals surface area contributed by atoms with Crippen molar-refractivity contribution < 1.29 is 9.53 Å². The maximum Gasteiger partial charge on any atom is 0.149 e. The third-order valence-electron chi connectivity index (χ3n) is 4.67. The number of nitrogens with one attached hydrogen (secondary N) is 1. The number of hydrogen-bond acceptors (Lipinski definition) is 4. The summed E-state index contributed by atoms with van der Waals surface area (Å²) < 4.78 is 6.22. The Labute approximate surface area is 136 Å². The Balaban J connectivity index is 1.60. The van der Waals surface area contributed by atoms with E-state index in [9.17, 15) is 4.79 Å². The van der Waals surface area contributed by atoms with Crippen LogP contribution in [0.15, 0.2) is 0 Å². The lowest BCUT2D eigenvalue weighted by atomic mass is 9.87. The molecule has 22 heavy (non-hydrogen) atoms. The molecule has 2 fully saturated rings. The van der Waals surface area contributed by atoms with Crippen LogP contribution in [0.4, 0.5) is 0 Å². The number of ketones is 1. The summed E-state index contributed by atoms with van der Waals surface area (Å²) in [7, 11) is 0. The highest BCUT2D eigenvalue weighted by molar-refractivity contribution is 5.82. The van der Waals surface area contributed by atoms with Crippen LogP contribution in [0.3, 0.4) is 0 Å². The Kier molecular flexibility index (Phi) is 6.03. The highest BCUT2D eigenvalue weighted by Crippen LogP contribution is 2.28. The summed E-state index contributed by atoms with van der Waals surface area (Å²) in [6.45, 7) is 13.2.